The van der Waals surface area contributed by atoms with Gasteiger partial charge in [0, 0.05) is 12.5 Å². The summed E-state index contributed by atoms with van der Waals surface area (Å²) in [5.74, 6) is -1.60. The second-order valence-electron chi connectivity index (χ2n) is 4.57. The van der Waals surface area contributed by atoms with Crippen molar-refractivity contribution in [1.82, 2.24) is 0 Å². The summed E-state index contributed by atoms with van der Waals surface area (Å²) >= 11 is 0. The smallest absolute Gasteiger partial charge is 0.134 e. The largest absolute Gasteiger partial charge is 0.388 e. The molecule has 0 aliphatic carbocycles. The molecule has 0 saturated carbocycles. The van der Waals surface area contributed by atoms with Gasteiger partial charge in [0.25, 0.3) is 0 Å². The Morgan fingerprint density at radius 2 is 2.12 bits per heavy atom. The van der Waals surface area contributed by atoms with Crippen molar-refractivity contribution in [3.63, 3.8) is 0 Å². The van der Waals surface area contributed by atoms with Crippen molar-refractivity contribution >= 4 is 0 Å². The second-order valence-corrected chi connectivity index (χ2v) is 4.57. The number of aliphatic hydroxyl groups is 1. The molecule has 1 aliphatic rings. The van der Waals surface area contributed by atoms with E-state index in [2.05, 4.69) is 0 Å². The lowest BCUT2D eigenvalue weighted by atomic mass is 9.89. The zero-order valence-electron chi connectivity index (χ0n) is 9.91. The summed E-state index contributed by atoms with van der Waals surface area (Å²) in [7, 11) is 0. The van der Waals surface area contributed by atoms with Crippen LogP contribution in [0.15, 0.2) is 12.1 Å². The first-order chi connectivity index (χ1) is 8.02. The van der Waals surface area contributed by atoms with E-state index in [9.17, 15) is 13.9 Å². The molecule has 2 rings (SSSR count). The van der Waals surface area contributed by atoms with Crippen molar-refractivity contribution < 1.29 is 18.6 Å². The van der Waals surface area contributed by atoms with Crippen molar-refractivity contribution in [3.8, 4) is 0 Å². The van der Waals surface area contributed by atoms with Gasteiger partial charge in [0.05, 0.1) is 17.8 Å². The highest BCUT2D eigenvalue weighted by molar-refractivity contribution is 5.29. The number of aryl methyl sites for hydroxylation is 1. The van der Waals surface area contributed by atoms with Gasteiger partial charge in [0.1, 0.15) is 11.6 Å². The average molecular weight is 242 g/mol. The van der Waals surface area contributed by atoms with Gasteiger partial charge in [0.15, 0.2) is 0 Å². The molecule has 2 nitrogen and oxygen atoms in total. The highest BCUT2D eigenvalue weighted by Gasteiger charge is 2.34. The fourth-order valence-electron chi connectivity index (χ4n) is 2.33. The SMILES string of the molecule is Cc1ccc(F)c(C(O)C2CCOC2C)c1F. The number of rotatable bonds is 2. The number of aliphatic hydroxyl groups excluding tert-OH is 1. The van der Waals surface area contributed by atoms with Crippen molar-refractivity contribution in [1.29, 1.82) is 0 Å². The van der Waals surface area contributed by atoms with E-state index < -0.39 is 17.7 Å². The summed E-state index contributed by atoms with van der Waals surface area (Å²) in [5, 5.41) is 10.1. The monoisotopic (exact) mass is 242 g/mol. The van der Waals surface area contributed by atoms with Crippen molar-refractivity contribution in [2.75, 3.05) is 6.61 Å². The highest BCUT2D eigenvalue weighted by Crippen LogP contribution is 2.35. The first-order valence-corrected chi connectivity index (χ1v) is 5.76. The Balaban J connectivity index is 2.36. The van der Waals surface area contributed by atoms with E-state index in [0.29, 0.717) is 18.6 Å². The third-order valence-electron chi connectivity index (χ3n) is 3.46. The maximum absolute atomic E-state index is 13.9. The Morgan fingerprint density at radius 1 is 1.41 bits per heavy atom. The van der Waals surface area contributed by atoms with E-state index >= 15 is 0 Å². The zero-order chi connectivity index (χ0) is 12.6. The first-order valence-electron chi connectivity index (χ1n) is 5.76. The van der Waals surface area contributed by atoms with E-state index in [4.69, 9.17) is 4.74 Å². The fraction of sp³-hybridized carbons (Fsp3) is 0.538. The van der Waals surface area contributed by atoms with Crippen LogP contribution in [0.25, 0.3) is 0 Å². The Bertz CT molecular complexity index is 420. The minimum Gasteiger partial charge on any atom is -0.388 e. The maximum atomic E-state index is 13.9. The predicted octanol–water partition coefficient (Wildman–Crippen LogP) is 2.73. The van der Waals surface area contributed by atoms with Gasteiger partial charge in [-0.2, -0.15) is 0 Å². The van der Waals surface area contributed by atoms with Gasteiger partial charge in [-0.25, -0.2) is 8.78 Å². The van der Waals surface area contributed by atoms with E-state index in [1.54, 1.807) is 6.92 Å². The van der Waals surface area contributed by atoms with E-state index in [1.165, 1.54) is 12.1 Å². The molecule has 0 radical (unpaired) electrons. The van der Waals surface area contributed by atoms with Gasteiger partial charge in [0.2, 0.25) is 0 Å². The minimum atomic E-state index is -1.15. The van der Waals surface area contributed by atoms with Crippen LogP contribution in [0.1, 0.15) is 30.6 Å². The molecule has 1 heterocycles. The summed E-state index contributed by atoms with van der Waals surface area (Å²) in [4.78, 5) is 0. The number of halogens is 2. The molecule has 1 saturated heterocycles. The lowest BCUT2D eigenvalue weighted by Crippen LogP contribution is -2.22. The molecule has 1 N–H and O–H groups in total. The third kappa shape index (κ3) is 2.19. The van der Waals surface area contributed by atoms with Crippen LogP contribution in [0.5, 0.6) is 0 Å². The van der Waals surface area contributed by atoms with Crippen LogP contribution >= 0.6 is 0 Å². The topological polar surface area (TPSA) is 29.5 Å². The fourth-order valence-corrected chi connectivity index (χ4v) is 2.33. The molecular formula is C13H16F2O2. The van der Waals surface area contributed by atoms with Gasteiger partial charge in [-0.15, -0.1) is 0 Å². The third-order valence-corrected chi connectivity index (χ3v) is 3.46. The van der Waals surface area contributed by atoms with Crippen LogP contribution in [0.4, 0.5) is 8.78 Å². The number of hydrogen-bond donors (Lipinski definition) is 1. The van der Waals surface area contributed by atoms with Crippen molar-refractivity contribution in [2.24, 2.45) is 5.92 Å². The van der Waals surface area contributed by atoms with Crippen LogP contribution in [0, 0.1) is 24.5 Å². The lowest BCUT2D eigenvalue weighted by Gasteiger charge is -2.22. The highest BCUT2D eigenvalue weighted by atomic mass is 19.1. The number of hydrogen-bond acceptors (Lipinski definition) is 2. The van der Waals surface area contributed by atoms with Gasteiger partial charge in [-0.1, -0.05) is 6.07 Å². The van der Waals surface area contributed by atoms with Gasteiger partial charge in [-0.3, -0.25) is 0 Å². The van der Waals surface area contributed by atoms with Crippen LogP contribution in [0.3, 0.4) is 0 Å². The van der Waals surface area contributed by atoms with Crippen molar-refractivity contribution in [3.05, 3.63) is 34.9 Å². The summed E-state index contributed by atoms with van der Waals surface area (Å²) in [5.41, 5.74) is 0.111. The van der Waals surface area contributed by atoms with Crippen LogP contribution in [-0.4, -0.2) is 17.8 Å². The Hall–Kier alpha value is -1.00. The minimum absolute atomic E-state index is 0.177. The lowest BCUT2D eigenvalue weighted by molar-refractivity contribution is 0.0395. The zero-order valence-corrected chi connectivity index (χ0v) is 9.91. The molecule has 94 valence electrons. The predicted molar refractivity (Wildman–Crippen MR) is 59.6 cm³/mol. The molecule has 0 amide bonds. The molecule has 3 unspecified atom stereocenters. The molecule has 17 heavy (non-hydrogen) atoms. The van der Waals surface area contributed by atoms with Gasteiger partial charge < -0.3 is 9.84 Å². The van der Waals surface area contributed by atoms with E-state index in [0.717, 1.165) is 0 Å². The summed E-state index contributed by atoms with van der Waals surface area (Å²) in [6, 6.07) is 2.56. The van der Waals surface area contributed by atoms with Crippen LogP contribution < -0.4 is 0 Å². The Morgan fingerprint density at radius 3 is 2.71 bits per heavy atom. The van der Waals surface area contributed by atoms with Crippen molar-refractivity contribution in [2.45, 2.75) is 32.5 Å². The second kappa shape index (κ2) is 4.70. The van der Waals surface area contributed by atoms with Crippen LogP contribution in [0.2, 0.25) is 0 Å². The average Bonchev–Trinajstić information content (AvgIpc) is 2.70. The molecule has 4 heteroatoms. The maximum Gasteiger partial charge on any atom is 0.134 e. The normalized spacial score (nSPS) is 26.2. The van der Waals surface area contributed by atoms with Gasteiger partial charge in [-0.05, 0) is 31.9 Å². The molecular weight excluding hydrogens is 226 g/mol. The summed E-state index contributed by atoms with van der Waals surface area (Å²) in [6.45, 7) is 3.89. The summed E-state index contributed by atoms with van der Waals surface area (Å²) in [6.07, 6.45) is -0.702. The van der Waals surface area contributed by atoms with Gasteiger partial charge >= 0.3 is 0 Å². The first kappa shape index (κ1) is 12.5. The molecule has 1 aromatic carbocycles. The quantitative estimate of drug-likeness (QED) is 0.864. The van der Waals surface area contributed by atoms with E-state index in [1.807, 2.05) is 6.92 Å². The molecule has 0 bridgehead atoms. The molecule has 1 aliphatic heterocycles. The number of benzene rings is 1. The van der Waals surface area contributed by atoms with Crippen LogP contribution in [-0.2, 0) is 4.74 Å². The molecule has 0 spiro atoms. The molecule has 0 aromatic heterocycles. The summed E-state index contributed by atoms with van der Waals surface area (Å²) < 4.78 is 32.8. The molecule has 1 fully saturated rings. The molecule has 3 atom stereocenters. The van der Waals surface area contributed by atoms with E-state index in [-0.39, 0.29) is 17.6 Å². The molecule has 1 aromatic rings. The number of ether oxygens (including phenoxy) is 1. The standard InChI is InChI=1S/C13H16F2O2/c1-7-3-4-10(14)11(12(7)15)13(16)9-5-6-17-8(9)2/h3-4,8-9,13,16H,5-6H2,1-2H3. The Kier molecular flexibility index (Phi) is 3.45. The Labute approximate surface area is 99.2 Å².